The summed E-state index contributed by atoms with van der Waals surface area (Å²) in [7, 11) is 0. The summed E-state index contributed by atoms with van der Waals surface area (Å²) >= 11 is 0. The SMILES string of the molecule is CC(NC(=O)[C@@H]1CC[C@H](C(=O)O)C1)c1ccc(-n2cncn2)cc1. The van der Waals surface area contributed by atoms with E-state index in [4.69, 9.17) is 5.11 Å². The van der Waals surface area contributed by atoms with Gasteiger partial charge in [-0.05, 0) is 43.9 Å². The maximum Gasteiger partial charge on any atom is 0.306 e. The highest BCUT2D eigenvalue weighted by molar-refractivity contribution is 5.81. The van der Waals surface area contributed by atoms with Crippen molar-refractivity contribution in [3.63, 3.8) is 0 Å². The van der Waals surface area contributed by atoms with E-state index in [0.717, 1.165) is 11.3 Å². The van der Waals surface area contributed by atoms with Gasteiger partial charge in [-0.1, -0.05) is 12.1 Å². The van der Waals surface area contributed by atoms with Crippen LogP contribution in [0.25, 0.3) is 5.69 Å². The molecule has 0 bridgehead atoms. The predicted octanol–water partition coefficient (Wildman–Crippen LogP) is 1.95. The van der Waals surface area contributed by atoms with Crippen LogP contribution in [0.15, 0.2) is 36.9 Å². The van der Waals surface area contributed by atoms with E-state index in [0.29, 0.717) is 19.3 Å². The molecule has 126 valence electrons. The van der Waals surface area contributed by atoms with E-state index >= 15 is 0 Å². The van der Waals surface area contributed by atoms with Crippen molar-refractivity contribution in [2.24, 2.45) is 11.8 Å². The molecule has 0 spiro atoms. The smallest absolute Gasteiger partial charge is 0.306 e. The number of nitrogens with one attached hydrogen (secondary N) is 1. The van der Waals surface area contributed by atoms with Gasteiger partial charge >= 0.3 is 5.97 Å². The van der Waals surface area contributed by atoms with Crippen molar-refractivity contribution in [3.8, 4) is 5.69 Å². The molecular formula is C17H20N4O3. The van der Waals surface area contributed by atoms with E-state index in [1.807, 2.05) is 31.2 Å². The van der Waals surface area contributed by atoms with E-state index < -0.39 is 11.9 Å². The number of rotatable bonds is 5. The Morgan fingerprint density at radius 3 is 2.54 bits per heavy atom. The second-order valence-corrected chi connectivity index (χ2v) is 6.21. The summed E-state index contributed by atoms with van der Waals surface area (Å²) in [4.78, 5) is 27.2. The molecule has 1 aromatic heterocycles. The van der Waals surface area contributed by atoms with Gasteiger partial charge in [-0.2, -0.15) is 5.10 Å². The third kappa shape index (κ3) is 3.45. The average molecular weight is 328 g/mol. The van der Waals surface area contributed by atoms with Gasteiger partial charge in [0.15, 0.2) is 0 Å². The minimum absolute atomic E-state index is 0.0633. The van der Waals surface area contributed by atoms with Crippen LogP contribution in [0.3, 0.4) is 0 Å². The highest BCUT2D eigenvalue weighted by Gasteiger charge is 2.34. The second kappa shape index (κ2) is 6.82. The van der Waals surface area contributed by atoms with Gasteiger partial charge in [-0.15, -0.1) is 0 Å². The molecule has 0 aliphatic heterocycles. The van der Waals surface area contributed by atoms with Crippen LogP contribution in [0.2, 0.25) is 0 Å². The number of amides is 1. The van der Waals surface area contributed by atoms with Crippen LogP contribution in [0.1, 0.15) is 37.8 Å². The predicted molar refractivity (Wildman–Crippen MR) is 86.4 cm³/mol. The molecule has 1 fully saturated rings. The van der Waals surface area contributed by atoms with Gasteiger partial charge < -0.3 is 10.4 Å². The lowest BCUT2D eigenvalue weighted by Gasteiger charge is -2.18. The highest BCUT2D eigenvalue weighted by Crippen LogP contribution is 2.31. The molecule has 2 N–H and O–H groups in total. The van der Waals surface area contributed by atoms with Crippen LogP contribution in [0, 0.1) is 11.8 Å². The fourth-order valence-corrected chi connectivity index (χ4v) is 3.12. The van der Waals surface area contributed by atoms with Crippen LogP contribution >= 0.6 is 0 Å². The summed E-state index contributed by atoms with van der Waals surface area (Å²) in [6.07, 6.45) is 4.75. The molecule has 1 unspecified atom stereocenters. The monoisotopic (exact) mass is 328 g/mol. The molecule has 1 aliphatic carbocycles. The van der Waals surface area contributed by atoms with Crippen molar-refractivity contribution in [2.75, 3.05) is 0 Å². The highest BCUT2D eigenvalue weighted by atomic mass is 16.4. The van der Waals surface area contributed by atoms with Crippen LogP contribution < -0.4 is 5.32 Å². The lowest BCUT2D eigenvalue weighted by molar-refractivity contribution is -0.141. The van der Waals surface area contributed by atoms with Crippen LogP contribution in [0.5, 0.6) is 0 Å². The van der Waals surface area contributed by atoms with E-state index in [1.165, 1.54) is 6.33 Å². The largest absolute Gasteiger partial charge is 0.481 e. The van der Waals surface area contributed by atoms with Gasteiger partial charge in [0.1, 0.15) is 12.7 Å². The number of carbonyl (C=O) groups excluding carboxylic acids is 1. The van der Waals surface area contributed by atoms with Crippen LogP contribution in [-0.2, 0) is 9.59 Å². The maximum atomic E-state index is 12.3. The Kier molecular flexibility index (Phi) is 4.59. The van der Waals surface area contributed by atoms with E-state index in [2.05, 4.69) is 15.4 Å². The third-order valence-electron chi connectivity index (χ3n) is 4.59. The Balaban J connectivity index is 1.59. The number of carbonyl (C=O) groups is 2. The number of carboxylic acid groups (broad SMARTS) is 1. The summed E-state index contributed by atoms with van der Waals surface area (Å²) in [6, 6.07) is 7.59. The van der Waals surface area contributed by atoms with E-state index in [1.54, 1.807) is 11.0 Å². The van der Waals surface area contributed by atoms with Gasteiger partial charge in [-0.3, -0.25) is 9.59 Å². The summed E-state index contributed by atoms with van der Waals surface area (Å²) in [6.45, 7) is 1.92. The first-order chi connectivity index (χ1) is 11.5. The van der Waals surface area contributed by atoms with E-state index in [-0.39, 0.29) is 17.9 Å². The summed E-state index contributed by atoms with van der Waals surface area (Å²) < 4.78 is 1.66. The topological polar surface area (TPSA) is 97.1 Å². The zero-order valence-corrected chi connectivity index (χ0v) is 13.4. The van der Waals surface area contributed by atoms with Crippen molar-refractivity contribution in [3.05, 3.63) is 42.5 Å². The minimum atomic E-state index is -0.804. The molecule has 3 rings (SSSR count). The molecule has 24 heavy (non-hydrogen) atoms. The molecule has 0 radical (unpaired) electrons. The lowest BCUT2D eigenvalue weighted by Crippen LogP contribution is -2.32. The van der Waals surface area contributed by atoms with Crippen molar-refractivity contribution < 1.29 is 14.7 Å². The zero-order valence-electron chi connectivity index (χ0n) is 13.4. The van der Waals surface area contributed by atoms with Gasteiger partial charge in [0.05, 0.1) is 17.6 Å². The van der Waals surface area contributed by atoms with Gasteiger partial charge in [0, 0.05) is 5.92 Å². The molecule has 1 amide bonds. The van der Waals surface area contributed by atoms with Gasteiger partial charge in [0.25, 0.3) is 0 Å². The number of aromatic nitrogens is 3. The third-order valence-corrected chi connectivity index (χ3v) is 4.59. The summed E-state index contributed by atoms with van der Waals surface area (Å²) in [5.41, 5.74) is 1.88. The Labute approximate surface area is 139 Å². The standard InChI is InChI=1S/C17H20N4O3/c1-11(20-16(22)13-2-3-14(8-13)17(23)24)12-4-6-15(7-5-12)21-10-18-9-19-21/h4-7,9-11,13-14H,2-3,8H2,1H3,(H,20,22)(H,23,24)/t11?,13-,14+/m1/s1. The first kappa shape index (κ1) is 16.2. The van der Waals surface area contributed by atoms with Crippen molar-refractivity contribution in [1.29, 1.82) is 0 Å². The number of aliphatic carboxylic acids is 1. The lowest BCUT2D eigenvalue weighted by atomic mass is 10.0. The number of benzene rings is 1. The number of hydrogen-bond donors (Lipinski definition) is 2. The molecule has 1 aliphatic rings. The normalized spacial score (nSPS) is 21.4. The maximum absolute atomic E-state index is 12.3. The molecule has 2 aromatic rings. The Morgan fingerprint density at radius 2 is 1.96 bits per heavy atom. The Bertz CT molecular complexity index is 712. The molecule has 0 saturated heterocycles. The fraction of sp³-hybridized carbons (Fsp3) is 0.412. The molecular weight excluding hydrogens is 308 g/mol. The first-order valence-electron chi connectivity index (χ1n) is 8.02. The quantitative estimate of drug-likeness (QED) is 0.874. The molecule has 1 saturated carbocycles. The van der Waals surface area contributed by atoms with Crippen LogP contribution in [-0.4, -0.2) is 31.7 Å². The molecule has 7 nitrogen and oxygen atoms in total. The van der Waals surface area contributed by atoms with E-state index in [9.17, 15) is 9.59 Å². The summed E-state index contributed by atoms with van der Waals surface area (Å²) in [5.74, 6) is -1.46. The Hall–Kier alpha value is -2.70. The second-order valence-electron chi connectivity index (χ2n) is 6.21. The molecule has 7 heteroatoms. The summed E-state index contributed by atoms with van der Waals surface area (Å²) in [5, 5.41) is 16.1. The van der Waals surface area contributed by atoms with Crippen molar-refractivity contribution in [2.45, 2.75) is 32.2 Å². The fourth-order valence-electron chi connectivity index (χ4n) is 3.12. The molecule has 1 aromatic carbocycles. The zero-order chi connectivity index (χ0) is 17.1. The minimum Gasteiger partial charge on any atom is -0.481 e. The Morgan fingerprint density at radius 1 is 1.25 bits per heavy atom. The first-order valence-corrected chi connectivity index (χ1v) is 8.02. The molecule has 3 atom stereocenters. The average Bonchev–Trinajstić information content (AvgIpc) is 3.26. The van der Waals surface area contributed by atoms with Crippen molar-refractivity contribution >= 4 is 11.9 Å². The number of carboxylic acids is 1. The van der Waals surface area contributed by atoms with Crippen molar-refractivity contribution in [1.82, 2.24) is 20.1 Å². The number of nitrogens with zero attached hydrogens (tertiary/aromatic N) is 3. The number of hydrogen-bond acceptors (Lipinski definition) is 4. The van der Waals surface area contributed by atoms with Gasteiger partial charge in [0.2, 0.25) is 5.91 Å². The molecule has 1 heterocycles. The van der Waals surface area contributed by atoms with Gasteiger partial charge in [-0.25, -0.2) is 9.67 Å². The van der Waals surface area contributed by atoms with Crippen LogP contribution in [0.4, 0.5) is 0 Å².